The van der Waals surface area contributed by atoms with Crippen molar-refractivity contribution in [1.29, 1.82) is 0 Å². The fourth-order valence-corrected chi connectivity index (χ4v) is 3.22. The maximum atomic E-state index is 12.7. The molecule has 27 heavy (non-hydrogen) atoms. The first-order valence-corrected chi connectivity index (χ1v) is 7.85. The first-order chi connectivity index (χ1) is 12.8. The van der Waals surface area contributed by atoms with E-state index in [1.54, 1.807) is 6.92 Å². The third kappa shape index (κ3) is 2.15. The van der Waals surface area contributed by atoms with Crippen molar-refractivity contribution in [3.8, 4) is 34.5 Å². The van der Waals surface area contributed by atoms with Gasteiger partial charge in [0.15, 0.2) is 23.0 Å². The Morgan fingerprint density at radius 3 is 2.33 bits per heavy atom. The van der Waals surface area contributed by atoms with E-state index >= 15 is 0 Å². The predicted molar refractivity (Wildman–Crippen MR) is 87.6 cm³/mol. The zero-order valence-electron chi connectivity index (χ0n) is 14.4. The summed E-state index contributed by atoms with van der Waals surface area (Å²) in [5, 5.41) is 30.9. The lowest BCUT2D eigenvalue weighted by Gasteiger charge is -2.16. The largest absolute Gasteiger partial charge is 0.507 e. The van der Waals surface area contributed by atoms with Crippen molar-refractivity contribution in [2.45, 2.75) is 20.1 Å². The number of aromatic hydroxyl groups is 2. The van der Waals surface area contributed by atoms with Gasteiger partial charge in [0.2, 0.25) is 12.0 Å². The van der Waals surface area contributed by atoms with Gasteiger partial charge in [-0.05, 0) is 25.5 Å². The van der Waals surface area contributed by atoms with Crippen molar-refractivity contribution < 1.29 is 43.9 Å². The number of rotatable bonds is 1. The summed E-state index contributed by atoms with van der Waals surface area (Å²) < 4.78 is 20.9. The summed E-state index contributed by atoms with van der Waals surface area (Å²) in [5.41, 5.74) is -0.100. The number of esters is 2. The van der Waals surface area contributed by atoms with Crippen molar-refractivity contribution in [3.05, 3.63) is 33.9 Å². The molecule has 0 saturated heterocycles. The number of benzene rings is 2. The highest BCUT2D eigenvalue weighted by Gasteiger charge is 2.42. The van der Waals surface area contributed by atoms with Crippen LogP contribution in [0.3, 0.4) is 0 Å². The molecule has 0 radical (unpaired) electrons. The van der Waals surface area contributed by atoms with E-state index in [0.717, 1.165) is 0 Å². The second kappa shape index (κ2) is 5.52. The van der Waals surface area contributed by atoms with Crippen molar-refractivity contribution in [2.75, 3.05) is 7.11 Å². The third-order valence-corrected chi connectivity index (χ3v) is 4.56. The number of methoxy groups -OCH3 is 1. The number of cyclic esters (lactones) is 1. The maximum absolute atomic E-state index is 12.7. The van der Waals surface area contributed by atoms with Crippen LogP contribution in [0.25, 0.3) is 0 Å². The highest BCUT2D eigenvalue weighted by molar-refractivity contribution is 6.02. The number of carbonyl (C=O) groups excluding carboxylic acids is 2. The minimum Gasteiger partial charge on any atom is -0.507 e. The fraction of sp³-hybridized carbons (Fsp3) is 0.222. The van der Waals surface area contributed by atoms with Gasteiger partial charge in [-0.2, -0.15) is 0 Å². The molecular weight excluding hydrogens is 360 g/mol. The second-order valence-electron chi connectivity index (χ2n) is 6.12. The summed E-state index contributed by atoms with van der Waals surface area (Å²) in [6, 6.07) is 1.44. The lowest BCUT2D eigenvalue weighted by atomic mass is 10.0. The standard InChI is InChI=1S/C18H14O9/c1-5-4-7(24-3)12(20)14-8(5)16(21)26-13-6(2)11(19)9-10(15(13)25-14)18(23)27-17(9)22/h4,18-20,23H,1-3H3. The lowest BCUT2D eigenvalue weighted by molar-refractivity contribution is -0.0555. The Hall–Kier alpha value is -3.46. The molecule has 2 aliphatic heterocycles. The molecule has 9 heteroatoms. The highest BCUT2D eigenvalue weighted by atomic mass is 16.6. The lowest BCUT2D eigenvalue weighted by Crippen LogP contribution is -2.10. The fourth-order valence-electron chi connectivity index (χ4n) is 3.22. The van der Waals surface area contributed by atoms with E-state index in [1.165, 1.54) is 20.1 Å². The second-order valence-corrected chi connectivity index (χ2v) is 6.12. The molecule has 0 fully saturated rings. The molecule has 0 aliphatic carbocycles. The summed E-state index contributed by atoms with van der Waals surface area (Å²) in [6.45, 7) is 3.00. The SMILES string of the molecule is COc1cc(C)c2c(c1O)Oc1c(c(C)c(O)c3c1C(O)OC3=O)OC2=O. The Morgan fingerprint density at radius 1 is 0.963 bits per heavy atom. The molecule has 3 N–H and O–H groups in total. The van der Waals surface area contributed by atoms with Crippen LogP contribution in [0.1, 0.15) is 43.7 Å². The van der Waals surface area contributed by atoms with Crippen LogP contribution >= 0.6 is 0 Å². The number of carbonyl (C=O) groups is 2. The number of aryl methyl sites for hydroxylation is 1. The smallest absolute Gasteiger partial charge is 0.347 e. The van der Waals surface area contributed by atoms with Crippen molar-refractivity contribution in [1.82, 2.24) is 0 Å². The van der Waals surface area contributed by atoms with Crippen LogP contribution in [0, 0.1) is 13.8 Å². The van der Waals surface area contributed by atoms with Crippen LogP contribution in [0.2, 0.25) is 0 Å². The van der Waals surface area contributed by atoms with Crippen molar-refractivity contribution in [2.24, 2.45) is 0 Å². The predicted octanol–water partition coefficient (Wildman–Crippen LogP) is 2.21. The van der Waals surface area contributed by atoms with Crippen LogP contribution in [0.5, 0.6) is 34.5 Å². The highest BCUT2D eigenvalue weighted by Crippen LogP contribution is 2.55. The number of hydrogen-bond donors (Lipinski definition) is 3. The number of aliphatic hydroxyl groups excluding tert-OH is 1. The van der Waals surface area contributed by atoms with E-state index in [4.69, 9.17) is 18.9 Å². The number of aliphatic hydroxyl groups is 1. The first kappa shape index (κ1) is 17.0. The number of phenols is 2. The number of fused-ring (bicyclic) bond motifs is 4. The minimum atomic E-state index is -1.73. The molecule has 9 nitrogen and oxygen atoms in total. The van der Waals surface area contributed by atoms with Crippen molar-refractivity contribution in [3.63, 3.8) is 0 Å². The molecule has 2 aromatic carbocycles. The van der Waals surface area contributed by atoms with Gasteiger partial charge in [0.25, 0.3) is 0 Å². The van der Waals surface area contributed by atoms with E-state index in [2.05, 4.69) is 0 Å². The van der Waals surface area contributed by atoms with Crippen LogP contribution in [-0.2, 0) is 4.74 Å². The monoisotopic (exact) mass is 374 g/mol. The zero-order chi connectivity index (χ0) is 19.6. The Bertz CT molecular complexity index is 1040. The van der Waals surface area contributed by atoms with E-state index in [0.29, 0.717) is 5.56 Å². The average Bonchev–Trinajstić information content (AvgIpc) is 2.81. The van der Waals surface area contributed by atoms with Gasteiger partial charge >= 0.3 is 11.9 Å². The average molecular weight is 374 g/mol. The third-order valence-electron chi connectivity index (χ3n) is 4.56. The molecule has 0 aromatic heterocycles. The van der Waals surface area contributed by atoms with Gasteiger partial charge in [0.05, 0.1) is 12.7 Å². The van der Waals surface area contributed by atoms with Gasteiger partial charge in [0, 0.05) is 5.56 Å². The van der Waals surface area contributed by atoms with E-state index in [9.17, 15) is 24.9 Å². The van der Waals surface area contributed by atoms with Gasteiger partial charge in [-0.15, -0.1) is 0 Å². The summed E-state index contributed by atoms with van der Waals surface area (Å²) in [7, 11) is 1.33. The number of phenolic OH excluding ortho intramolecular Hbond substituents is 2. The van der Waals surface area contributed by atoms with Gasteiger partial charge < -0.3 is 34.3 Å². The molecule has 0 spiro atoms. The van der Waals surface area contributed by atoms with Gasteiger partial charge in [0.1, 0.15) is 16.9 Å². The van der Waals surface area contributed by atoms with Crippen LogP contribution in [0.15, 0.2) is 6.07 Å². The zero-order valence-corrected chi connectivity index (χ0v) is 14.4. The Kier molecular flexibility index (Phi) is 3.47. The Morgan fingerprint density at radius 2 is 1.67 bits per heavy atom. The number of ether oxygens (including phenoxy) is 4. The maximum Gasteiger partial charge on any atom is 0.347 e. The van der Waals surface area contributed by atoms with Gasteiger partial charge in [-0.3, -0.25) is 0 Å². The molecule has 2 aliphatic rings. The molecular formula is C18H14O9. The van der Waals surface area contributed by atoms with E-state index < -0.39 is 29.7 Å². The molecule has 1 unspecified atom stereocenters. The Balaban J connectivity index is 2.07. The summed E-state index contributed by atoms with van der Waals surface area (Å²) in [4.78, 5) is 24.6. The van der Waals surface area contributed by atoms with Gasteiger partial charge in [-0.1, -0.05) is 0 Å². The number of hydrogen-bond acceptors (Lipinski definition) is 9. The summed E-state index contributed by atoms with van der Waals surface area (Å²) in [6.07, 6.45) is -1.73. The molecule has 0 bridgehead atoms. The Labute approximate surface area is 152 Å². The molecule has 140 valence electrons. The minimum absolute atomic E-state index is 0.0417. The molecule has 4 rings (SSSR count). The first-order valence-electron chi connectivity index (χ1n) is 7.85. The molecule has 2 heterocycles. The van der Waals surface area contributed by atoms with Crippen LogP contribution < -0.4 is 14.2 Å². The summed E-state index contributed by atoms with van der Waals surface area (Å²) >= 11 is 0. The topological polar surface area (TPSA) is 132 Å². The van der Waals surface area contributed by atoms with Gasteiger partial charge in [-0.25, -0.2) is 9.59 Å². The van der Waals surface area contributed by atoms with Crippen LogP contribution in [0.4, 0.5) is 0 Å². The molecule has 0 amide bonds. The quantitative estimate of drug-likeness (QED) is 0.507. The molecule has 1 atom stereocenters. The normalized spacial score (nSPS) is 17.1. The molecule has 2 aromatic rings. The van der Waals surface area contributed by atoms with Crippen LogP contribution in [-0.4, -0.2) is 34.4 Å². The molecule has 0 saturated carbocycles. The van der Waals surface area contributed by atoms with E-state index in [-0.39, 0.29) is 45.3 Å². The van der Waals surface area contributed by atoms with E-state index in [1.807, 2.05) is 0 Å². The van der Waals surface area contributed by atoms with Crippen molar-refractivity contribution >= 4 is 11.9 Å². The summed E-state index contributed by atoms with van der Waals surface area (Å²) in [5.74, 6) is -3.35.